The number of aryl methyl sites for hydroxylation is 2. The molecule has 2 atom stereocenters. The third-order valence-corrected chi connectivity index (χ3v) is 8.69. The Hall–Kier alpha value is -5.11. The van der Waals surface area contributed by atoms with E-state index in [4.69, 9.17) is 15.2 Å². The minimum Gasteiger partial charge on any atom is -0.484 e. The molecule has 0 heterocycles. The summed E-state index contributed by atoms with van der Waals surface area (Å²) >= 11 is 0. The predicted molar refractivity (Wildman–Crippen MR) is 172 cm³/mol. The van der Waals surface area contributed by atoms with Crippen LogP contribution in [0.5, 0.6) is 5.75 Å². The van der Waals surface area contributed by atoms with E-state index in [1.165, 1.54) is 0 Å². The van der Waals surface area contributed by atoms with E-state index < -0.39 is 24.1 Å². The Kier molecular flexibility index (Phi) is 8.56. The van der Waals surface area contributed by atoms with Gasteiger partial charge in [-0.3, -0.25) is 9.59 Å². The SMILES string of the molecule is CC(C)[C@H](NC(=O)OCC1c2ccccc2-c2ccccc21)C(=O)NC1c2ccccc2CCc2cc(OCC(N)=O)ccc21. The Balaban J connectivity index is 1.19. The van der Waals surface area contributed by atoms with Gasteiger partial charge in [0.15, 0.2) is 6.61 Å². The predicted octanol–water partition coefficient (Wildman–Crippen LogP) is 5.42. The van der Waals surface area contributed by atoms with Gasteiger partial charge in [0.1, 0.15) is 18.4 Å². The van der Waals surface area contributed by atoms with Crippen molar-refractivity contribution in [3.8, 4) is 16.9 Å². The third-order valence-electron chi connectivity index (χ3n) is 8.69. The number of nitrogens with two attached hydrogens (primary N) is 1. The molecular formula is C37H37N3O5. The molecule has 4 aromatic carbocycles. The molecule has 0 radical (unpaired) electrons. The first-order valence-electron chi connectivity index (χ1n) is 15.3. The standard InChI is InChI=1S/C37H37N3O5/c1-22(2)34(40-37(43)45-20-32-30-13-7-5-11-28(30)29-12-6-8-14-31(29)32)36(42)39-35-26-10-4-3-9-23(26)15-16-24-19-25(17-18-27(24)35)44-21-33(38)41/h3-14,17-19,22,32,34-35H,15-16,20-21H2,1-2H3,(H2,38,41)(H,39,42)(H,40,43)/t34-,35?/m0/s1. The van der Waals surface area contributed by atoms with E-state index in [9.17, 15) is 14.4 Å². The summed E-state index contributed by atoms with van der Waals surface area (Å²) in [6, 6.07) is 28.7. The molecule has 1 unspecified atom stereocenters. The molecule has 0 aliphatic heterocycles. The minimum absolute atomic E-state index is 0.0784. The highest BCUT2D eigenvalue weighted by Gasteiger charge is 2.32. The van der Waals surface area contributed by atoms with Crippen LogP contribution in [0.15, 0.2) is 91.0 Å². The number of alkyl carbamates (subject to hydrolysis) is 1. The van der Waals surface area contributed by atoms with Crippen molar-refractivity contribution in [2.24, 2.45) is 11.7 Å². The molecule has 230 valence electrons. The van der Waals surface area contributed by atoms with Gasteiger partial charge in [-0.2, -0.15) is 0 Å². The lowest BCUT2D eigenvalue weighted by Gasteiger charge is -2.27. The molecule has 2 aliphatic carbocycles. The minimum atomic E-state index is -0.822. The monoisotopic (exact) mass is 603 g/mol. The number of primary amides is 1. The van der Waals surface area contributed by atoms with Crippen LogP contribution >= 0.6 is 0 Å². The van der Waals surface area contributed by atoms with Crippen LogP contribution < -0.4 is 21.1 Å². The first-order chi connectivity index (χ1) is 21.8. The second-order valence-corrected chi connectivity index (χ2v) is 11.9. The summed E-state index contributed by atoms with van der Waals surface area (Å²) in [5.41, 5.74) is 13.9. The third kappa shape index (κ3) is 6.27. The van der Waals surface area contributed by atoms with Gasteiger partial charge in [-0.25, -0.2) is 4.79 Å². The normalized spacial score (nSPS) is 15.5. The Bertz CT molecular complexity index is 1700. The fourth-order valence-electron chi connectivity index (χ4n) is 6.49. The van der Waals surface area contributed by atoms with Gasteiger partial charge in [-0.15, -0.1) is 0 Å². The number of ether oxygens (including phenoxy) is 2. The van der Waals surface area contributed by atoms with Crippen molar-refractivity contribution in [3.05, 3.63) is 124 Å². The molecule has 4 aromatic rings. The number of hydrogen-bond donors (Lipinski definition) is 3. The van der Waals surface area contributed by atoms with E-state index >= 15 is 0 Å². The zero-order valence-electron chi connectivity index (χ0n) is 25.4. The maximum Gasteiger partial charge on any atom is 0.407 e. The van der Waals surface area contributed by atoms with Crippen molar-refractivity contribution in [1.82, 2.24) is 10.6 Å². The molecule has 8 nitrogen and oxygen atoms in total. The molecule has 3 amide bonds. The summed E-state index contributed by atoms with van der Waals surface area (Å²) < 4.78 is 11.3. The fraction of sp³-hybridized carbons (Fsp3) is 0.270. The molecule has 0 saturated heterocycles. The first kappa shape index (κ1) is 29.9. The number of amides is 3. The average molecular weight is 604 g/mol. The number of nitrogens with one attached hydrogen (secondary N) is 2. The molecule has 0 aromatic heterocycles. The largest absolute Gasteiger partial charge is 0.484 e. The van der Waals surface area contributed by atoms with Gasteiger partial charge in [0.25, 0.3) is 5.91 Å². The lowest BCUT2D eigenvalue weighted by atomic mass is 9.93. The number of carbonyl (C=O) groups is 3. The van der Waals surface area contributed by atoms with Gasteiger partial charge in [0, 0.05) is 5.92 Å². The highest BCUT2D eigenvalue weighted by Crippen LogP contribution is 2.44. The zero-order valence-corrected chi connectivity index (χ0v) is 25.4. The molecule has 45 heavy (non-hydrogen) atoms. The summed E-state index contributed by atoms with van der Waals surface area (Å²) in [6.45, 7) is 3.74. The maximum absolute atomic E-state index is 13.9. The topological polar surface area (TPSA) is 120 Å². The molecule has 8 heteroatoms. The number of carbonyl (C=O) groups excluding carboxylic acids is 3. The van der Waals surface area contributed by atoms with Crippen LogP contribution in [0.2, 0.25) is 0 Å². The van der Waals surface area contributed by atoms with Gasteiger partial charge in [0.2, 0.25) is 5.91 Å². The summed E-state index contributed by atoms with van der Waals surface area (Å²) in [4.78, 5) is 38.3. The van der Waals surface area contributed by atoms with Crippen LogP contribution in [-0.2, 0) is 27.2 Å². The Morgan fingerprint density at radius 2 is 1.40 bits per heavy atom. The van der Waals surface area contributed by atoms with Crippen molar-refractivity contribution in [3.63, 3.8) is 0 Å². The molecular weight excluding hydrogens is 566 g/mol. The lowest BCUT2D eigenvalue weighted by molar-refractivity contribution is -0.124. The van der Waals surface area contributed by atoms with E-state index in [1.54, 1.807) is 6.07 Å². The number of hydrogen-bond acceptors (Lipinski definition) is 5. The average Bonchev–Trinajstić information content (AvgIpc) is 3.28. The van der Waals surface area contributed by atoms with Gasteiger partial charge < -0.3 is 25.8 Å². The van der Waals surface area contributed by atoms with Gasteiger partial charge >= 0.3 is 6.09 Å². The Morgan fingerprint density at radius 3 is 2.07 bits per heavy atom. The van der Waals surface area contributed by atoms with Gasteiger partial charge in [-0.1, -0.05) is 92.7 Å². The number of rotatable bonds is 9. The second kappa shape index (κ2) is 12.9. The van der Waals surface area contributed by atoms with Crippen molar-refractivity contribution >= 4 is 17.9 Å². The van der Waals surface area contributed by atoms with E-state index in [0.717, 1.165) is 57.3 Å². The van der Waals surface area contributed by atoms with Gasteiger partial charge in [-0.05, 0) is 75.4 Å². The number of benzene rings is 4. The quantitative estimate of drug-likeness (QED) is 0.236. The molecule has 2 aliphatic rings. The van der Waals surface area contributed by atoms with Crippen LogP contribution in [0.1, 0.15) is 59.2 Å². The summed E-state index contributed by atoms with van der Waals surface area (Å²) in [6.07, 6.45) is 0.877. The molecule has 0 spiro atoms. The van der Waals surface area contributed by atoms with Crippen molar-refractivity contribution in [2.75, 3.05) is 13.2 Å². The van der Waals surface area contributed by atoms with Crippen molar-refractivity contribution in [2.45, 2.75) is 44.7 Å². The van der Waals surface area contributed by atoms with E-state index in [0.29, 0.717) is 5.75 Å². The van der Waals surface area contributed by atoms with Crippen LogP contribution in [0.25, 0.3) is 11.1 Å². The molecule has 0 bridgehead atoms. The molecule has 0 fully saturated rings. The maximum atomic E-state index is 13.9. The Labute approximate surface area is 262 Å². The van der Waals surface area contributed by atoms with Crippen molar-refractivity contribution in [1.29, 1.82) is 0 Å². The Morgan fingerprint density at radius 1 is 0.800 bits per heavy atom. The van der Waals surface area contributed by atoms with E-state index in [-0.39, 0.29) is 31.0 Å². The van der Waals surface area contributed by atoms with Crippen LogP contribution in [0, 0.1) is 5.92 Å². The van der Waals surface area contributed by atoms with Crippen LogP contribution in [-0.4, -0.2) is 37.2 Å². The molecule has 4 N–H and O–H groups in total. The highest BCUT2D eigenvalue weighted by molar-refractivity contribution is 5.87. The lowest BCUT2D eigenvalue weighted by Crippen LogP contribution is -2.50. The summed E-state index contributed by atoms with van der Waals surface area (Å²) in [5.74, 6) is -0.590. The van der Waals surface area contributed by atoms with Gasteiger partial charge in [0.05, 0.1) is 6.04 Å². The van der Waals surface area contributed by atoms with E-state index in [1.807, 2.05) is 68.4 Å². The fourth-order valence-corrected chi connectivity index (χ4v) is 6.49. The molecule has 6 rings (SSSR count). The first-order valence-corrected chi connectivity index (χ1v) is 15.3. The van der Waals surface area contributed by atoms with E-state index in [2.05, 4.69) is 41.0 Å². The van der Waals surface area contributed by atoms with Crippen LogP contribution in [0.3, 0.4) is 0 Å². The summed E-state index contributed by atoms with van der Waals surface area (Å²) in [5, 5.41) is 6.07. The van der Waals surface area contributed by atoms with Crippen molar-refractivity contribution < 1.29 is 23.9 Å². The molecule has 0 saturated carbocycles. The highest BCUT2D eigenvalue weighted by atomic mass is 16.5. The van der Waals surface area contributed by atoms with Crippen LogP contribution in [0.4, 0.5) is 4.79 Å². The zero-order chi connectivity index (χ0) is 31.5. The second-order valence-electron chi connectivity index (χ2n) is 11.9. The smallest absolute Gasteiger partial charge is 0.407 e. The summed E-state index contributed by atoms with van der Waals surface area (Å²) in [7, 11) is 0. The number of fused-ring (bicyclic) bond motifs is 5.